The first-order valence-electron chi connectivity index (χ1n) is 6.78. The molecule has 4 nitrogen and oxygen atoms in total. The highest BCUT2D eigenvalue weighted by molar-refractivity contribution is 5.15. The quantitative estimate of drug-likeness (QED) is 0.861. The number of pyridine rings is 1. The fourth-order valence-corrected chi connectivity index (χ4v) is 2.50. The van der Waals surface area contributed by atoms with Crippen LogP contribution in [0.2, 0.25) is 0 Å². The van der Waals surface area contributed by atoms with E-state index in [4.69, 9.17) is 4.74 Å². The highest BCUT2D eigenvalue weighted by atomic mass is 16.5. The molecule has 18 heavy (non-hydrogen) atoms. The van der Waals surface area contributed by atoms with Crippen LogP contribution in [0.25, 0.3) is 0 Å². The smallest absolute Gasteiger partial charge is 0.213 e. The van der Waals surface area contributed by atoms with Gasteiger partial charge in [-0.2, -0.15) is 0 Å². The van der Waals surface area contributed by atoms with E-state index in [1.807, 2.05) is 12.1 Å². The van der Waals surface area contributed by atoms with E-state index >= 15 is 0 Å². The van der Waals surface area contributed by atoms with Gasteiger partial charge in [0.05, 0.1) is 12.8 Å². The van der Waals surface area contributed by atoms with Crippen molar-refractivity contribution in [2.24, 2.45) is 0 Å². The average molecular weight is 249 g/mol. The summed E-state index contributed by atoms with van der Waals surface area (Å²) in [5.41, 5.74) is 1.09. The van der Waals surface area contributed by atoms with Crippen molar-refractivity contribution in [3.05, 3.63) is 23.9 Å². The minimum Gasteiger partial charge on any atom is -0.481 e. The standard InChI is InChI=1S/C14H23N3O/c1-3-5-13-10-15-8-9-17(13)11-12-6-4-7-14(16-12)18-2/h4,6-7,13,15H,3,5,8-11H2,1-2H3. The lowest BCUT2D eigenvalue weighted by Gasteiger charge is -2.36. The summed E-state index contributed by atoms with van der Waals surface area (Å²) >= 11 is 0. The number of ether oxygens (including phenoxy) is 1. The van der Waals surface area contributed by atoms with Crippen LogP contribution in [-0.2, 0) is 6.54 Å². The third kappa shape index (κ3) is 3.43. The van der Waals surface area contributed by atoms with E-state index in [2.05, 4.69) is 28.2 Å². The van der Waals surface area contributed by atoms with Gasteiger partial charge in [0.15, 0.2) is 0 Å². The van der Waals surface area contributed by atoms with Gasteiger partial charge in [-0.15, -0.1) is 0 Å². The van der Waals surface area contributed by atoms with Crippen molar-refractivity contribution in [3.63, 3.8) is 0 Å². The second-order valence-corrected chi connectivity index (χ2v) is 4.79. The number of hydrogen-bond acceptors (Lipinski definition) is 4. The fraction of sp³-hybridized carbons (Fsp3) is 0.643. The third-order valence-corrected chi connectivity index (χ3v) is 3.45. The van der Waals surface area contributed by atoms with Gasteiger partial charge in [-0.25, -0.2) is 4.98 Å². The highest BCUT2D eigenvalue weighted by Gasteiger charge is 2.21. The largest absolute Gasteiger partial charge is 0.481 e. The van der Waals surface area contributed by atoms with E-state index in [0.29, 0.717) is 11.9 Å². The van der Waals surface area contributed by atoms with Crippen molar-refractivity contribution in [3.8, 4) is 5.88 Å². The van der Waals surface area contributed by atoms with Crippen LogP contribution in [0.4, 0.5) is 0 Å². The predicted octanol–water partition coefficient (Wildman–Crippen LogP) is 1.66. The van der Waals surface area contributed by atoms with Crippen LogP contribution in [0.3, 0.4) is 0 Å². The molecule has 0 amide bonds. The summed E-state index contributed by atoms with van der Waals surface area (Å²) < 4.78 is 5.18. The number of nitrogens with one attached hydrogen (secondary N) is 1. The predicted molar refractivity (Wildman–Crippen MR) is 72.8 cm³/mol. The van der Waals surface area contributed by atoms with Crippen molar-refractivity contribution in [1.29, 1.82) is 0 Å². The summed E-state index contributed by atoms with van der Waals surface area (Å²) in [6, 6.07) is 6.62. The zero-order valence-corrected chi connectivity index (χ0v) is 11.4. The fourth-order valence-electron chi connectivity index (χ4n) is 2.50. The second kappa shape index (κ2) is 6.71. The third-order valence-electron chi connectivity index (χ3n) is 3.45. The Bertz CT molecular complexity index is 368. The molecule has 2 heterocycles. The van der Waals surface area contributed by atoms with Crippen LogP contribution in [0.15, 0.2) is 18.2 Å². The SMILES string of the molecule is CCCC1CNCCN1Cc1cccc(OC)n1. The summed E-state index contributed by atoms with van der Waals surface area (Å²) in [6.45, 7) is 6.44. The number of methoxy groups -OCH3 is 1. The molecule has 1 saturated heterocycles. The lowest BCUT2D eigenvalue weighted by atomic mass is 10.1. The van der Waals surface area contributed by atoms with E-state index in [1.165, 1.54) is 12.8 Å². The van der Waals surface area contributed by atoms with Gasteiger partial charge in [0.2, 0.25) is 5.88 Å². The zero-order chi connectivity index (χ0) is 12.8. The van der Waals surface area contributed by atoms with E-state index in [1.54, 1.807) is 7.11 Å². The van der Waals surface area contributed by atoms with Crippen LogP contribution in [-0.4, -0.2) is 42.7 Å². The Kier molecular flexibility index (Phi) is 4.96. The first-order chi connectivity index (χ1) is 8.83. The van der Waals surface area contributed by atoms with Gasteiger partial charge < -0.3 is 10.1 Å². The van der Waals surface area contributed by atoms with Crippen molar-refractivity contribution >= 4 is 0 Å². The molecule has 1 aromatic rings. The molecule has 2 rings (SSSR count). The Hall–Kier alpha value is -1.13. The summed E-state index contributed by atoms with van der Waals surface area (Å²) in [7, 11) is 1.66. The van der Waals surface area contributed by atoms with Crippen molar-refractivity contribution < 1.29 is 4.74 Å². The van der Waals surface area contributed by atoms with Gasteiger partial charge in [0.25, 0.3) is 0 Å². The van der Waals surface area contributed by atoms with Crippen LogP contribution in [0.1, 0.15) is 25.5 Å². The first-order valence-corrected chi connectivity index (χ1v) is 6.78. The molecule has 1 fully saturated rings. The monoisotopic (exact) mass is 249 g/mol. The maximum absolute atomic E-state index is 5.18. The Morgan fingerprint density at radius 3 is 3.17 bits per heavy atom. The molecule has 1 aliphatic heterocycles. The molecule has 1 aromatic heterocycles. The normalized spacial score (nSPS) is 20.9. The molecule has 0 saturated carbocycles. The first kappa shape index (κ1) is 13.3. The number of rotatable bonds is 5. The Morgan fingerprint density at radius 2 is 2.39 bits per heavy atom. The Balaban J connectivity index is 2.01. The second-order valence-electron chi connectivity index (χ2n) is 4.79. The molecule has 1 N–H and O–H groups in total. The molecule has 1 aliphatic rings. The maximum atomic E-state index is 5.18. The van der Waals surface area contributed by atoms with Crippen LogP contribution >= 0.6 is 0 Å². The Labute approximate surface area is 109 Å². The van der Waals surface area contributed by atoms with Gasteiger partial charge in [-0.1, -0.05) is 19.4 Å². The van der Waals surface area contributed by atoms with Crippen LogP contribution in [0, 0.1) is 0 Å². The zero-order valence-electron chi connectivity index (χ0n) is 11.4. The average Bonchev–Trinajstić information content (AvgIpc) is 2.41. The number of hydrogen-bond donors (Lipinski definition) is 1. The van der Waals surface area contributed by atoms with Crippen molar-refractivity contribution in [2.75, 3.05) is 26.7 Å². The van der Waals surface area contributed by atoms with Gasteiger partial charge in [-0.05, 0) is 12.5 Å². The minimum atomic E-state index is 0.636. The maximum Gasteiger partial charge on any atom is 0.213 e. The van der Waals surface area contributed by atoms with Gasteiger partial charge in [0, 0.05) is 38.3 Å². The molecule has 0 spiro atoms. The van der Waals surface area contributed by atoms with E-state index < -0.39 is 0 Å². The molecule has 100 valence electrons. The molecular formula is C14H23N3O. The molecule has 1 atom stereocenters. The molecular weight excluding hydrogens is 226 g/mol. The molecule has 1 unspecified atom stereocenters. The number of nitrogens with zero attached hydrogens (tertiary/aromatic N) is 2. The van der Waals surface area contributed by atoms with Gasteiger partial charge >= 0.3 is 0 Å². The Morgan fingerprint density at radius 1 is 1.50 bits per heavy atom. The van der Waals surface area contributed by atoms with E-state index in [0.717, 1.165) is 31.9 Å². The summed E-state index contributed by atoms with van der Waals surface area (Å²) in [5.74, 6) is 0.703. The van der Waals surface area contributed by atoms with Crippen LogP contribution in [0.5, 0.6) is 5.88 Å². The van der Waals surface area contributed by atoms with Gasteiger partial charge in [-0.3, -0.25) is 4.90 Å². The lowest BCUT2D eigenvalue weighted by molar-refractivity contribution is 0.142. The highest BCUT2D eigenvalue weighted by Crippen LogP contribution is 2.14. The summed E-state index contributed by atoms with van der Waals surface area (Å²) in [4.78, 5) is 7.03. The van der Waals surface area contributed by atoms with Gasteiger partial charge in [0.1, 0.15) is 0 Å². The molecule has 0 radical (unpaired) electrons. The summed E-state index contributed by atoms with van der Waals surface area (Å²) in [5, 5.41) is 3.47. The summed E-state index contributed by atoms with van der Waals surface area (Å²) in [6.07, 6.45) is 2.48. The molecule has 0 bridgehead atoms. The van der Waals surface area contributed by atoms with Crippen molar-refractivity contribution in [2.45, 2.75) is 32.4 Å². The van der Waals surface area contributed by atoms with Crippen molar-refractivity contribution in [1.82, 2.24) is 15.2 Å². The number of aromatic nitrogens is 1. The van der Waals surface area contributed by atoms with E-state index in [-0.39, 0.29) is 0 Å². The molecule has 0 aliphatic carbocycles. The molecule has 4 heteroatoms. The lowest BCUT2D eigenvalue weighted by Crippen LogP contribution is -2.50. The number of piperazine rings is 1. The minimum absolute atomic E-state index is 0.636. The van der Waals surface area contributed by atoms with E-state index in [9.17, 15) is 0 Å². The topological polar surface area (TPSA) is 37.4 Å². The van der Waals surface area contributed by atoms with Crippen LogP contribution < -0.4 is 10.1 Å². The molecule has 0 aromatic carbocycles.